The Hall–Kier alpha value is -5.88. The maximum Gasteiger partial charge on any atom is 0.313 e. The number of hydrogen-bond acceptors (Lipinski definition) is 10. The molecule has 2 heterocycles. The Balaban J connectivity index is 1.42. The van der Waals surface area contributed by atoms with Gasteiger partial charge >= 0.3 is 5.97 Å². The number of carbonyl (C=O) groups is 6. The fourth-order valence-electron chi connectivity index (χ4n) is 6.91. The molecule has 0 bridgehead atoms. The highest BCUT2D eigenvalue weighted by molar-refractivity contribution is 6.42. The number of ketones is 1. The Morgan fingerprint density at radius 1 is 0.607 bits per heavy atom. The molecular formula is C44H46N2O10. The molecule has 56 heavy (non-hydrogen) atoms. The third kappa shape index (κ3) is 7.05. The van der Waals surface area contributed by atoms with Crippen LogP contribution in [0, 0.1) is 0 Å². The first-order valence-corrected chi connectivity index (χ1v) is 18.7. The number of anilines is 2. The second-order valence-electron chi connectivity index (χ2n) is 15.3. The van der Waals surface area contributed by atoms with E-state index in [0.29, 0.717) is 0 Å². The van der Waals surface area contributed by atoms with Crippen LogP contribution in [-0.2, 0) is 25.2 Å². The van der Waals surface area contributed by atoms with Gasteiger partial charge in [-0.05, 0) is 90.3 Å². The first-order chi connectivity index (χ1) is 26.6. The molecule has 1 N–H and O–H groups in total. The standard InChI is InChI=1S/C44H46N2O10/c1-8-43(4,5)26-10-16-34(54-19-18-47)32(23-26)45-39(50)28-12-14-30-38-31(15-13-29(37(28)38)40(45)51)42(53)46(41(30)52)33-24-27(44(6,7)9-2)11-17-35(33)55-20-21-56-36(49)22-25(3)48/h10-17,23-24,47H,8-9,18-22H2,1-7H3. The van der Waals surface area contributed by atoms with E-state index in [-0.39, 0.29) is 105 Å². The first-order valence-electron chi connectivity index (χ1n) is 18.7. The fraction of sp³-hybridized carbons (Fsp3) is 0.364. The Morgan fingerprint density at radius 3 is 1.36 bits per heavy atom. The van der Waals surface area contributed by atoms with Gasteiger partial charge in [-0.3, -0.25) is 28.8 Å². The summed E-state index contributed by atoms with van der Waals surface area (Å²) in [7, 11) is 0. The van der Waals surface area contributed by atoms with Crippen LogP contribution in [0.15, 0.2) is 60.7 Å². The van der Waals surface area contributed by atoms with Crippen LogP contribution in [0.2, 0.25) is 0 Å². The van der Waals surface area contributed by atoms with E-state index in [4.69, 9.17) is 14.2 Å². The van der Waals surface area contributed by atoms with Crippen molar-refractivity contribution in [2.45, 2.75) is 78.6 Å². The molecule has 2 aliphatic heterocycles. The molecule has 0 aromatic heterocycles. The van der Waals surface area contributed by atoms with Gasteiger partial charge in [0.25, 0.3) is 23.6 Å². The molecule has 12 nitrogen and oxygen atoms in total. The smallest absolute Gasteiger partial charge is 0.313 e. The summed E-state index contributed by atoms with van der Waals surface area (Å²) in [5.41, 5.74) is 2.01. The summed E-state index contributed by atoms with van der Waals surface area (Å²) in [5, 5.41) is 9.92. The second kappa shape index (κ2) is 15.3. The lowest BCUT2D eigenvalue weighted by atomic mass is 9.81. The van der Waals surface area contributed by atoms with Gasteiger partial charge in [0.2, 0.25) is 0 Å². The number of Topliss-reactive ketones (excluding diaryl/α,β-unsaturated/α-hetero) is 1. The molecule has 0 aliphatic carbocycles. The van der Waals surface area contributed by atoms with Crippen LogP contribution in [0.5, 0.6) is 11.5 Å². The summed E-state index contributed by atoms with van der Waals surface area (Å²) in [6.07, 6.45) is 1.17. The predicted octanol–water partition coefficient (Wildman–Crippen LogP) is 7.09. The Bertz CT molecular complexity index is 2240. The van der Waals surface area contributed by atoms with E-state index in [2.05, 4.69) is 13.8 Å². The van der Waals surface area contributed by atoms with Crippen molar-refractivity contribution in [1.82, 2.24) is 0 Å². The second-order valence-corrected chi connectivity index (χ2v) is 15.3. The molecule has 0 saturated carbocycles. The molecule has 0 unspecified atom stereocenters. The topological polar surface area (TPSA) is 157 Å². The van der Waals surface area contributed by atoms with Crippen molar-refractivity contribution in [3.05, 3.63) is 94.0 Å². The molecule has 12 heteroatoms. The number of benzene rings is 4. The number of amides is 4. The van der Waals surface area contributed by atoms with Crippen LogP contribution in [-0.4, -0.2) is 66.9 Å². The third-order valence-corrected chi connectivity index (χ3v) is 11.0. The van der Waals surface area contributed by atoms with Gasteiger partial charge in [-0.25, -0.2) is 9.80 Å². The van der Waals surface area contributed by atoms with Gasteiger partial charge in [0.05, 0.1) is 18.0 Å². The van der Waals surface area contributed by atoms with E-state index in [1.807, 2.05) is 39.8 Å². The van der Waals surface area contributed by atoms with Crippen LogP contribution in [0.1, 0.15) is 120 Å². The molecular weight excluding hydrogens is 716 g/mol. The normalized spacial score (nSPS) is 14.1. The zero-order valence-electron chi connectivity index (χ0n) is 32.7. The van der Waals surface area contributed by atoms with Crippen molar-refractivity contribution in [3.63, 3.8) is 0 Å². The molecule has 4 aromatic carbocycles. The lowest BCUT2D eigenvalue weighted by molar-refractivity contribution is -0.146. The number of ether oxygens (including phenoxy) is 3. The maximum absolute atomic E-state index is 14.5. The number of nitrogens with zero attached hydrogens (tertiary/aromatic N) is 2. The number of aliphatic hydroxyl groups excluding tert-OH is 1. The highest BCUT2D eigenvalue weighted by Crippen LogP contribution is 2.45. The maximum atomic E-state index is 14.5. The minimum Gasteiger partial charge on any atom is -0.489 e. The van der Waals surface area contributed by atoms with Gasteiger partial charge in [-0.15, -0.1) is 0 Å². The summed E-state index contributed by atoms with van der Waals surface area (Å²) in [5.74, 6) is -3.24. The first kappa shape index (κ1) is 39.8. The Morgan fingerprint density at radius 2 is 1.00 bits per heavy atom. The zero-order chi connectivity index (χ0) is 40.7. The van der Waals surface area contributed by atoms with E-state index in [9.17, 15) is 33.9 Å². The number of carbonyl (C=O) groups excluding carboxylic acids is 6. The minimum atomic E-state index is -0.691. The van der Waals surface area contributed by atoms with Gasteiger partial charge < -0.3 is 19.3 Å². The SMILES string of the molecule is CCC(C)(C)c1ccc(OCCO)c(N2C(=O)c3ccc4c5c(ccc(c35)C2=O)C(=O)N(c2cc(C(C)(C)CC)ccc2OCCOC(=O)CC(C)=O)C4=O)c1. The number of rotatable bonds is 15. The lowest BCUT2D eigenvalue weighted by Gasteiger charge is -2.34. The van der Waals surface area contributed by atoms with Crippen LogP contribution in [0.4, 0.5) is 11.4 Å². The summed E-state index contributed by atoms with van der Waals surface area (Å²) in [6.45, 7) is 12.9. The van der Waals surface area contributed by atoms with E-state index < -0.39 is 29.6 Å². The summed E-state index contributed by atoms with van der Waals surface area (Å²) >= 11 is 0. The van der Waals surface area contributed by atoms with Crippen LogP contribution < -0.4 is 19.3 Å². The molecule has 292 valence electrons. The van der Waals surface area contributed by atoms with Gasteiger partial charge in [0.15, 0.2) is 0 Å². The average Bonchev–Trinajstić information content (AvgIpc) is 3.17. The van der Waals surface area contributed by atoms with E-state index in [0.717, 1.165) is 33.8 Å². The van der Waals surface area contributed by atoms with Crippen LogP contribution in [0.25, 0.3) is 10.8 Å². The Labute approximate surface area is 325 Å². The molecule has 0 spiro atoms. The molecule has 2 aliphatic rings. The summed E-state index contributed by atoms with van der Waals surface area (Å²) < 4.78 is 16.9. The quantitative estimate of drug-likeness (QED) is 0.0574. The molecule has 6 rings (SSSR count). The Kier molecular flexibility index (Phi) is 10.9. The van der Waals surface area contributed by atoms with Crippen molar-refractivity contribution < 1.29 is 48.1 Å². The molecule has 4 aromatic rings. The van der Waals surface area contributed by atoms with Gasteiger partial charge in [-0.2, -0.15) is 0 Å². The van der Waals surface area contributed by atoms with Crippen LogP contribution in [0.3, 0.4) is 0 Å². The highest BCUT2D eigenvalue weighted by Gasteiger charge is 2.42. The molecule has 0 atom stereocenters. The largest absolute Gasteiger partial charge is 0.489 e. The van der Waals surface area contributed by atoms with E-state index in [1.54, 1.807) is 24.3 Å². The highest BCUT2D eigenvalue weighted by atomic mass is 16.6. The monoisotopic (exact) mass is 762 g/mol. The summed E-state index contributed by atoms with van der Waals surface area (Å²) in [4.78, 5) is 83.2. The number of imide groups is 2. The van der Waals surface area contributed by atoms with Gasteiger partial charge in [0.1, 0.15) is 43.5 Å². The summed E-state index contributed by atoms with van der Waals surface area (Å²) in [6, 6.07) is 16.6. The number of aliphatic hydroxyl groups is 1. The van der Waals surface area contributed by atoms with Crippen molar-refractivity contribution in [2.75, 3.05) is 36.2 Å². The van der Waals surface area contributed by atoms with Crippen molar-refractivity contribution in [1.29, 1.82) is 0 Å². The van der Waals surface area contributed by atoms with E-state index in [1.165, 1.54) is 31.2 Å². The minimum absolute atomic E-state index is 0.0560. The lowest BCUT2D eigenvalue weighted by Crippen LogP contribution is -2.44. The zero-order valence-corrected chi connectivity index (χ0v) is 32.7. The average molecular weight is 763 g/mol. The number of hydrogen-bond donors (Lipinski definition) is 1. The van der Waals surface area contributed by atoms with Crippen molar-refractivity contribution in [2.24, 2.45) is 0 Å². The fourth-order valence-corrected chi connectivity index (χ4v) is 6.91. The van der Waals surface area contributed by atoms with Crippen molar-refractivity contribution in [3.8, 4) is 11.5 Å². The van der Waals surface area contributed by atoms with E-state index >= 15 is 0 Å². The third-order valence-electron chi connectivity index (χ3n) is 11.0. The molecule has 0 radical (unpaired) electrons. The van der Waals surface area contributed by atoms with Crippen LogP contribution >= 0.6 is 0 Å². The molecule has 0 saturated heterocycles. The van der Waals surface area contributed by atoms with Gasteiger partial charge in [0, 0.05) is 33.0 Å². The van der Waals surface area contributed by atoms with Crippen molar-refractivity contribution >= 4 is 57.5 Å². The predicted molar refractivity (Wildman–Crippen MR) is 210 cm³/mol. The molecule has 0 fully saturated rings. The molecule has 4 amide bonds. The van der Waals surface area contributed by atoms with Gasteiger partial charge in [-0.1, -0.05) is 53.7 Å². The number of esters is 1.